The van der Waals surface area contributed by atoms with Gasteiger partial charge in [0.15, 0.2) is 0 Å². The summed E-state index contributed by atoms with van der Waals surface area (Å²) >= 11 is 6.24. The van der Waals surface area contributed by atoms with E-state index in [9.17, 15) is 0 Å². The molecule has 0 aromatic heterocycles. The summed E-state index contributed by atoms with van der Waals surface area (Å²) in [6, 6.07) is 6.33. The van der Waals surface area contributed by atoms with Crippen LogP contribution in [0.4, 0.5) is 0 Å². The van der Waals surface area contributed by atoms with Crippen LogP contribution in [0.15, 0.2) is 18.2 Å². The molecule has 1 rings (SSSR count). The second kappa shape index (κ2) is 6.89. The number of aryl methyl sites for hydroxylation is 1. The quantitative estimate of drug-likeness (QED) is 0.825. The molecule has 1 aromatic rings. The third-order valence-corrected chi connectivity index (χ3v) is 2.83. The molecule has 2 nitrogen and oxygen atoms in total. The molecule has 0 aliphatic heterocycles. The first-order chi connectivity index (χ1) is 7.69. The van der Waals surface area contributed by atoms with Gasteiger partial charge >= 0.3 is 0 Å². The number of nitrogens with one attached hydrogen (secondary N) is 1. The van der Waals surface area contributed by atoms with Crippen LogP contribution in [0, 0.1) is 6.92 Å². The Bertz CT molecular complexity index is 328. The van der Waals surface area contributed by atoms with E-state index >= 15 is 0 Å². The minimum Gasteiger partial charge on any atom is -0.383 e. The van der Waals surface area contributed by atoms with E-state index in [0.29, 0.717) is 6.61 Å². The van der Waals surface area contributed by atoms with E-state index in [1.54, 1.807) is 7.11 Å². The van der Waals surface area contributed by atoms with Gasteiger partial charge in [-0.25, -0.2) is 0 Å². The van der Waals surface area contributed by atoms with Crippen LogP contribution in [0.2, 0.25) is 5.02 Å². The minimum absolute atomic E-state index is 0.179. The molecule has 1 atom stereocenters. The molecule has 16 heavy (non-hydrogen) atoms. The summed E-state index contributed by atoms with van der Waals surface area (Å²) in [5.74, 6) is 0. The monoisotopic (exact) mass is 241 g/mol. The SMILES string of the molecule is CCCNC(COC)c1ccc(C)cc1Cl. The zero-order chi connectivity index (χ0) is 12.0. The molecule has 0 radical (unpaired) electrons. The number of ether oxygens (including phenoxy) is 1. The van der Waals surface area contributed by atoms with Crippen molar-refractivity contribution in [1.82, 2.24) is 5.32 Å². The van der Waals surface area contributed by atoms with Crippen molar-refractivity contribution in [3.63, 3.8) is 0 Å². The van der Waals surface area contributed by atoms with Gasteiger partial charge < -0.3 is 10.1 Å². The van der Waals surface area contributed by atoms with Gasteiger partial charge in [-0.05, 0) is 37.1 Å². The fraction of sp³-hybridized carbons (Fsp3) is 0.538. The molecule has 1 unspecified atom stereocenters. The maximum absolute atomic E-state index is 6.24. The molecule has 0 aliphatic carbocycles. The lowest BCUT2D eigenvalue weighted by Crippen LogP contribution is -2.26. The molecule has 0 heterocycles. The lowest BCUT2D eigenvalue weighted by Gasteiger charge is -2.19. The Morgan fingerprint density at radius 3 is 2.75 bits per heavy atom. The standard InChI is InChI=1S/C13H20ClNO/c1-4-7-15-13(9-16-3)11-6-5-10(2)8-12(11)14/h5-6,8,13,15H,4,7,9H2,1-3H3. The summed E-state index contributed by atoms with van der Waals surface area (Å²) in [7, 11) is 1.71. The Balaban J connectivity index is 2.82. The predicted molar refractivity (Wildman–Crippen MR) is 69.1 cm³/mol. The molecule has 3 heteroatoms. The lowest BCUT2D eigenvalue weighted by molar-refractivity contribution is 0.167. The largest absolute Gasteiger partial charge is 0.383 e. The molecule has 1 N–H and O–H groups in total. The summed E-state index contributed by atoms with van der Waals surface area (Å²) in [6.45, 7) is 5.80. The molecule has 0 saturated heterocycles. The van der Waals surface area contributed by atoms with E-state index in [4.69, 9.17) is 16.3 Å². The lowest BCUT2D eigenvalue weighted by atomic mass is 10.1. The Kier molecular flexibility index (Phi) is 5.81. The Morgan fingerprint density at radius 1 is 1.44 bits per heavy atom. The summed E-state index contributed by atoms with van der Waals surface area (Å²) in [4.78, 5) is 0. The van der Waals surface area contributed by atoms with Gasteiger partial charge in [0.1, 0.15) is 0 Å². The van der Waals surface area contributed by atoms with Crippen LogP contribution in [0.1, 0.15) is 30.5 Å². The number of hydrogen-bond acceptors (Lipinski definition) is 2. The van der Waals surface area contributed by atoms with Crippen molar-refractivity contribution in [3.8, 4) is 0 Å². The average Bonchev–Trinajstić information content (AvgIpc) is 2.25. The summed E-state index contributed by atoms with van der Waals surface area (Å²) < 4.78 is 5.22. The highest BCUT2D eigenvalue weighted by Gasteiger charge is 2.13. The number of benzene rings is 1. The maximum atomic E-state index is 6.24. The van der Waals surface area contributed by atoms with Crippen LogP contribution >= 0.6 is 11.6 Å². The number of rotatable bonds is 6. The van der Waals surface area contributed by atoms with E-state index < -0.39 is 0 Å². The highest BCUT2D eigenvalue weighted by atomic mass is 35.5. The van der Waals surface area contributed by atoms with Crippen LogP contribution in [0.25, 0.3) is 0 Å². The normalized spacial score (nSPS) is 12.8. The molecule has 0 aliphatic rings. The number of hydrogen-bond donors (Lipinski definition) is 1. The molecular formula is C13H20ClNO. The van der Waals surface area contributed by atoms with E-state index in [1.807, 2.05) is 13.0 Å². The van der Waals surface area contributed by atoms with Crippen LogP contribution in [0.3, 0.4) is 0 Å². The Morgan fingerprint density at radius 2 is 2.19 bits per heavy atom. The first-order valence-corrected chi connectivity index (χ1v) is 6.05. The zero-order valence-electron chi connectivity index (χ0n) is 10.2. The number of halogens is 1. The van der Waals surface area contributed by atoms with Gasteiger partial charge in [0.25, 0.3) is 0 Å². The molecular weight excluding hydrogens is 222 g/mol. The fourth-order valence-electron chi connectivity index (χ4n) is 1.66. The van der Waals surface area contributed by atoms with Crippen molar-refractivity contribution in [3.05, 3.63) is 34.3 Å². The zero-order valence-corrected chi connectivity index (χ0v) is 11.0. The average molecular weight is 242 g/mol. The van der Waals surface area contributed by atoms with Crippen molar-refractivity contribution in [2.24, 2.45) is 0 Å². The third kappa shape index (κ3) is 3.78. The first kappa shape index (κ1) is 13.5. The fourth-order valence-corrected chi connectivity index (χ4v) is 2.03. The van der Waals surface area contributed by atoms with Crippen LogP contribution < -0.4 is 5.32 Å². The molecule has 90 valence electrons. The Hall–Kier alpha value is -0.570. The number of methoxy groups -OCH3 is 1. The minimum atomic E-state index is 0.179. The predicted octanol–water partition coefficient (Wildman–Crippen LogP) is 3.34. The third-order valence-electron chi connectivity index (χ3n) is 2.51. The van der Waals surface area contributed by atoms with Gasteiger partial charge in [-0.1, -0.05) is 30.7 Å². The van der Waals surface area contributed by atoms with Crippen molar-refractivity contribution in [2.45, 2.75) is 26.3 Å². The van der Waals surface area contributed by atoms with Crippen molar-refractivity contribution in [1.29, 1.82) is 0 Å². The van der Waals surface area contributed by atoms with Crippen molar-refractivity contribution < 1.29 is 4.74 Å². The topological polar surface area (TPSA) is 21.3 Å². The smallest absolute Gasteiger partial charge is 0.0658 e. The highest BCUT2D eigenvalue weighted by molar-refractivity contribution is 6.31. The second-order valence-electron chi connectivity index (χ2n) is 3.99. The van der Waals surface area contributed by atoms with Gasteiger partial charge in [-0.3, -0.25) is 0 Å². The van der Waals surface area contributed by atoms with Crippen LogP contribution in [0.5, 0.6) is 0 Å². The highest BCUT2D eigenvalue weighted by Crippen LogP contribution is 2.24. The van der Waals surface area contributed by atoms with E-state index in [1.165, 1.54) is 5.56 Å². The summed E-state index contributed by atoms with van der Waals surface area (Å²) in [5.41, 5.74) is 2.29. The molecule has 0 amide bonds. The molecule has 0 spiro atoms. The first-order valence-electron chi connectivity index (χ1n) is 5.67. The van der Waals surface area contributed by atoms with Gasteiger partial charge in [0.05, 0.1) is 12.6 Å². The van der Waals surface area contributed by atoms with Crippen LogP contribution in [-0.2, 0) is 4.74 Å². The summed E-state index contributed by atoms with van der Waals surface area (Å²) in [6.07, 6.45) is 1.10. The summed E-state index contributed by atoms with van der Waals surface area (Å²) in [5, 5.41) is 4.25. The van der Waals surface area contributed by atoms with Gasteiger partial charge in [-0.15, -0.1) is 0 Å². The van der Waals surface area contributed by atoms with Gasteiger partial charge in [-0.2, -0.15) is 0 Å². The molecule has 1 aromatic carbocycles. The van der Waals surface area contributed by atoms with E-state index in [0.717, 1.165) is 23.6 Å². The molecule has 0 bridgehead atoms. The van der Waals surface area contributed by atoms with E-state index in [-0.39, 0.29) is 6.04 Å². The van der Waals surface area contributed by atoms with Crippen LogP contribution in [-0.4, -0.2) is 20.3 Å². The Labute approximate surface area is 103 Å². The maximum Gasteiger partial charge on any atom is 0.0658 e. The molecule has 0 fully saturated rings. The van der Waals surface area contributed by atoms with Gasteiger partial charge in [0, 0.05) is 12.1 Å². The van der Waals surface area contributed by atoms with Crippen molar-refractivity contribution in [2.75, 3.05) is 20.3 Å². The van der Waals surface area contributed by atoms with Crippen molar-refractivity contribution >= 4 is 11.6 Å². The van der Waals surface area contributed by atoms with E-state index in [2.05, 4.69) is 24.4 Å². The van der Waals surface area contributed by atoms with Gasteiger partial charge in [0.2, 0.25) is 0 Å². The molecule has 0 saturated carbocycles. The second-order valence-corrected chi connectivity index (χ2v) is 4.39.